The number of hydrogen-bond acceptors (Lipinski definition) is 6. The maximum atomic E-state index is 13.7. The van der Waals surface area contributed by atoms with Gasteiger partial charge in [-0.15, -0.1) is 11.3 Å². The smallest absolute Gasteiger partial charge is 0.433 e. The number of carbonyl (C=O) groups is 2. The molecular weight excluding hydrogens is 618 g/mol. The third kappa shape index (κ3) is 5.56. The zero-order valence-corrected chi connectivity index (χ0v) is 22.4. The predicted molar refractivity (Wildman–Crippen MR) is 144 cm³/mol. The number of fused-ring (bicyclic) bond motifs is 1. The first-order valence-electron chi connectivity index (χ1n) is 11.4. The molecule has 0 saturated carbocycles. The summed E-state index contributed by atoms with van der Waals surface area (Å²) in [6.45, 7) is 0.00264. The van der Waals surface area contributed by atoms with E-state index in [1.54, 1.807) is 18.2 Å². The van der Waals surface area contributed by atoms with Crippen LogP contribution in [0.25, 0.3) is 21.3 Å². The fourth-order valence-corrected chi connectivity index (χ4v) is 5.26. The fraction of sp³-hybridized carbons (Fsp3) is 0.0741. The van der Waals surface area contributed by atoms with Crippen LogP contribution in [0.5, 0.6) is 5.75 Å². The van der Waals surface area contributed by atoms with E-state index in [1.807, 2.05) is 6.07 Å². The van der Waals surface area contributed by atoms with E-state index in [1.165, 1.54) is 24.3 Å². The summed E-state index contributed by atoms with van der Waals surface area (Å²) >= 11 is 3.96. The molecule has 13 heteroatoms. The maximum Gasteiger partial charge on any atom is 0.433 e. The Labute approximate surface area is 235 Å². The third-order valence-electron chi connectivity index (χ3n) is 5.66. The summed E-state index contributed by atoms with van der Waals surface area (Å²) in [7, 11) is 0. The molecule has 0 unspecified atom stereocenters. The number of aromatic nitrogens is 1. The van der Waals surface area contributed by atoms with Crippen LogP contribution in [0.1, 0.15) is 31.7 Å². The zero-order chi connectivity index (χ0) is 28.6. The van der Waals surface area contributed by atoms with Gasteiger partial charge >= 0.3 is 6.18 Å². The number of halogens is 5. The van der Waals surface area contributed by atoms with Gasteiger partial charge in [0.05, 0.1) is 10.2 Å². The number of rotatable bonds is 7. The van der Waals surface area contributed by atoms with E-state index in [0.29, 0.717) is 22.8 Å². The number of anilines is 1. The highest BCUT2D eigenvalue weighted by Gasteiger charge is 2.35. The number of nitrogens with two attached hydrogens (primary N) is 1. The van der Waals surface area contributed by atoms with E-state index < -0.39 is 29.5 Å². The Hall–Kier alpha value is -4.23. The second kappa shape index (κ2) is 10.7. The van der Waals surface area contributed by atoms with Gasteiger partial charge < -0.3 is 20.2 Å². The van der Waals surface area contributed by atoms with Crippen molar-refractivity contribution in [1.82, 2.24) is 4.98 Å². The highest BCUT2D eigenvalue weighted by atomic mass is 79.9. The molecule has 0 aliphatic rings. The standard InChI is InChI=1S/C27H16BrF4N3O4S/c28-17-3-1-2-4-18(17)38-12-15-9-10-19(39-15)25(37)35-22-21-16(13-5-7-14(29)8-6-13)11-20(27(30,31)32)34-26(21)40-23(22)24(33)36/h1-11H,12H2,(H2,33,36)(H,35,37). The summed E-state index contributed by atoms with van der Waals surface area (Å²) in [6.07, 6.45) is -4.81. The normalized spacial score (nSPS) is 11.5. The summed E-state index contributed by atoms with van der Waals surface area (Å²) in [5, 5.41) is 2.58. The summed E-state index contributed by atoms with van der Waals surface area (Å²) in [5.41, 5.74) is 4.32. The van der Waals surface area contributed by atoms with Crippen LogP contribution in [0.2, 0.25) is 0 Å². The largest absolute Gasteiger partial charge is 0.484 e. The summed E-state index contributed by atoms with van der Waals surface area (Å²) < 4.78 is 66.6. The van der Waals surface area contributed by atoms with Gasteiger partial charge in [0, 0.05) is 5.39 Å². The molecular formula is C27H16BrF4N3O4S. The van der Waals surface area contributed by atoms with E-state index in [0.717, 1.165) is 22.7 Å². The van der Waals surface area contributed by atoms with Crippen LogP contribution >= 0.6 is 27.3 Å². The van der Waals surface area contributed by atoms with E-state index >= 15 is 0 Å². The average Bonchev–Trinajstić information content (AvgIpc) is 3.53. The number of amides is 2. The number of thiophene rings is 1. The first kappa shape index (κ1) is 27.3. The molecule has 0 radical (unpaired) electrons. The zero-order valence-electron chi connectivity index (χ0n) is 20.0. The van der Waals surface area contributed by atoms with Crippen molar-refractivity contribution in [2.45, 2.75) is 12.8 Å². The quantitative estimate of drug-likeness (QED) is 0.182. The van der Waals surface area contributed by atoms with Crippen molar-refractivity contribution in [2.24, 2.45) is 5.73 Å². The number of nitrogens with zero attached hydrogens (tertiary/aromatic N) is 1. The lowest BCUT2D eigenvalue weighted by molar-refractivity contribution is -0.140. The van der Waals surface area contributed by atoms with E-state index in [4.69, 9.17) is 14.9 Å². The van der Waals surface area contributed by atoms with Crippen molar-refractivity contribution >= 4 is 55.0 Å². The molecule has 0 bridgehead atoms. The van der Waals surface area contributed by atoms with Crippen LogP contribution < -0.4 is 15.8 Å². The van der Waals surface area contributed by atoms with Crippen molar-refractivity contribution in [3.8, 4) is 16.9 Å². The maximum absolute atomic E-state index is 13.7. The van der Waals surface area contributed by atoms with Crippen molar-refractivity contribution in [2.75, 3.05) is 5.32 Å². The van der Waals surface area contributed by atoms with Gasteiger partial charge in [-0.2, -0.15) is 13.2 Å². The van der Waals surface area contributed by atoms with Crippen LogP contribution in [0.15, 0.2) is 75.6 Å². The molecule has 0 aliphatic heterocycles. The van der Waals surface area contributed by atoms with Gasteiger partial charge in [-0.25, -0.2) is 9.37 Å². The molecule has 5 aromatic rings. The monoisotopic (exact) mass is 633 g/mol. The van der Waals surface area contributed by atoms with Crippen LogP contribution in [0.4, 0.5) is 23.2 Å². The molecule has 7 nitrogen and oxygen atoms in total. The Morgan fingerprint density at radius 2 is 1.80 bits per heavy atom. The summed E-state index contributed by atoms with van der Waals surface area (Å²) in [6, 6.07) is 15.5. The molecule has 2 aromatic carbocycles. The second-order valence-electron chi connectivity index (χ2n) is 8.35. The van der Waals surface area contributed by atoms with Gasteiger partial charge in [0.1, 0.15) is 39.3 Å². The Morgan fingerprint density at radius 1 is 1.07 bits per heavy atom. The van der Waals surface area contributed by atoms with Gasteiger partial charge in [-0.1, -0.05) is 24.3 Å². The van der Waals surface area contributed by atoms with Crippen molar-refractivity contribution in [3.05, 3.63) is 99.1 Å². The van der Waals surface area contributed by atoms with Gasteiger partial charge in [-0.3, -0.25) is 9.59 Å². The first-order valence-corrected chi connectivity index (χ1v) is 13.0. The molecule has 0 saturated heterocycles. The van der Waals surface area contributed by atoms with Crippen molar-refractivity contribution in [1.29, 1.82) is 0 Å². The topological polar surface area (TPSA) is 107 Å². The number of ether oxygens (including phenoxy) is 1. The highest BCUT2D eigenvalue weighted by molar-refractivity contribution is 9.10. The van der Waals surface area contributed by atoms with Crippen molar-refractivity contribution < 1.29 is 36.3 Å². The van der Waals surface area contributed by atoms with Gasteiger partial charge in [0.2, 0.25) is 0 Å². The van der Waals surface area contributed by atoms with Crippen LogP contribution in [-0.2, 0) is 12.8 Å². The van der Waals surface area contributed by atoms with Crippen LogP contribution in [0.3, 0.4) is 0 Å². The SMILES string of the molecule is NC(=O)c1sc2nc(C(F)(F)F)cc(-c3ccc(F)cc3)c2c1NC(=O)c1ccc(COc2ccccc2Br)o1. The number of benzene rings is 2. The molecule has 5 rings (SSSR count). The highest BCUT2D eigenvalue weighted by Crippen LogP contribution is 2.43. The second-order valence-corrected chi connectivity index (χ2v) is 10.2. The predicted octanol–water partition coefficient (Wildman–Crippen LogP) is 7.41. The van der Waals surface area contributed by atoms with Gasteiger partial charge in [0.15, 0.2) is 5.76 Å². The van der Waals surface area contributed by atoms with Gasteiger partial charge in [0.25, 0.3) is 11.8 Å². The molecule has 204 valence electrons. The van der Waals surface area contributed by atoms with E-state index in [-0.39, 0.29) is 44.3 Å². The minimum Gasteiger partial charge on any atom is -0.484 e. The van der Waals surface area contributed by atoms with Crippen molar-refractivity contribution in [3.63, 3.8) is 0 Å². The Balaban J connectivity index is 1.53. The minimum absolute atomic E-state index is 0.00264. The molecule has 0 atom stereocenters. The molecule has 0 aliphatic carbocycles. The van der Waals surface area contributed by atoms with Crippen LogP contribution in [0, 0.1) is 5.82 Å². The molecule has 2 amide bonds. The molecule has 0 spiro atoms. The molecule has 0 fully saturated rings. The minimum atomic E-state index is -4.81. The fourth-order valence-electron chi connectivity index (χ4n) is 3.86. The Morgan fingerprint density at radius 3 is 2.48 bits per heavy atom. The average molecular weight is 634 g/mol. The number of carbonyl (C=O) groups excluding carboxylic acids is 2. The number of nitrogens with one attached hydrogen (secondary N) is 1. The lowest BCUT2D eigenvalue weighted by atomic mass is 10.0. The van der Waals surface area contributed by atoms with E-state index in [9.17, 15) is 27.2 Å². The number of furan rings is 1. The number of pyridine rings is 1. The molecule has 40 heavy (non-hydrogen) atoms. The number of hydrogen-bond donors (Lipinski definition) is 2. The molecule has 3 heterocycles. The lowest BCUT2D eigenvalue weighted by Crippen LogP contribution is -2.16. The number of para-hydroxylation sites is 1. The lowest BCUT2D eigenvalue weighted by Gasteiger charge is -2.12. The Bertz CT molecular complexity index is 1750. The van der Waals surface area contributed by atoms with Gasteiger partial charge in [-0.05, 0) is 69.5 Å². The first-order chi connectivity index (χ1) is 19.0. The molecule has 3 aromatic heterocycles. The Kier molecular flexibility index (Phi) is 7.34. The number of primary amides is 1. The summed E-state index contributed by atoms with van der Waals surface area (Å²) in [5.74, 6) is -1.66. The third-order valence-corrected chi connectivity index (χ3v) is 7.42. The summed E-state index contributed by atoms with van der Waals surface area (Å²) in [4.78, 5) is 28.7. The number of alkyl halides is 3. The van der Waals surface area contributed by atoms with Crippen LogP contribution in [-0.4, -0.2) is 16.8 Å². The van der Waals surface area contributed by atoms with E-state index in [2.05, 4.69) is 26.2 Å². The molecule has 3 N–H and O–H groups in total.